The van der Waals surface area contributed by atoms with E-state index < -0.39 is 11.8 Å². The van der Waals surface area contributed by atoms with Crippen LogP contribution < -0.4 is 5.32 Å². The summed E-state index contributed by atoms with van der Waals surface area (Å²) in [6.45, 7) is 1.62. The average Bonchev–Trinajstić information content (AvgIpc) is 3.40. The van der Waals surface area contributed by atoms with Crippen LogP contribution in [-0.2, 0) is 16.1 Å². The second kappa shape index (κ2) is 7.83. The van der Waals surface area contributed by atoms with Crippen molar-refractivity contribution in [1.29, 1.82) is 0 Å². The molecule has 3 heterocycles. The van der Waals surface area contributed by atoms with E-state index in [1.54, 1.807) is 36.5 Å². The molecule has 0 aliphatic carbocycles. The first-order chi connectivity index (χ1) is 15.8. The van der Waals surface area contributed by atoms with Gasteiger partial charge >= 0.3 is 0 Å². The summed E-state index contributed by atoms with van der Waals surface area (Å²) < 4.78 is 2.05. The van der Waals surface area contributed by atoms with Crippen LogP contribution in [-0.4, -0.2) is 57.1 Å². The minimum absolute atomic E-state index is 0.0673. The molecule has 33 heavy (non-hydrogen) atoms. The smallest absolute Gasteiger partial charge is 0.259 e. The lowest BCUT2D eigenvalue weighted by atomic mass is 9.95. The molecular formula is C25H24N4O4. The van der Waals surface area contributed by atoms with Gasteiger partial charge in [0, 0.05) is 51.9 Å². The van der Waals surface area contributed by atoms with Crippen LogP contribution in [0.2, 0.25) is 0 Å². The number of hydrogen-bond donors (Lipinski definition) is 4. The number of carbonyl (C=O) groups is 2. The zero-order valence-corrected chi connectivity index (χ0v) is 18.3. The molecule has 1 aliphatic heterocycles. The van der Waals surface area contributed by atoms with Gasteiger partial charge < -0.3 is 24.7 Å². The van der Waals surface area contributed by atoms with E-state index in [0.29, 0.717) is 21.9 Å². The summed E-state index contributed by atoms with van der Waals surface area (Å²) in [7, 11) is 4.03. The molecule has 0 bridgehead atoms. The summed E-state index contributed by atoms with van der Waals surface area (Å²) in [6, 6.07) is 9.90. The van der Waals surface area contributed by atoms with E-state index in [2.05, 4.69) is 19.8 Å². The van der Waals surface area contributed by atoms with E-state index in [1.165, 1.54) is 0 Å². The summed E-state index contributed by atoms with van der Waals surface area (Å²) >= 11 is 0. The Kier molecular flexibility index (Phi) is 4.94. The van der Waals surface area contributed by atoms with E-state index in [1.807, 2.05) is 26.4 Å². The highest BCUT2D eigenvalue weighted by atomic mass is 16.3. The van der Waals surface area contributed by atoms with E-state index in [9.17, 15) is 19.8 Å². The first-order valence-electron chi connectivity index (χ1n) is 10.7. The molecule has 5 rings (SSSR count). The van der Waals surface area contributed by atoms with Crippen molar-refractivity contribution < 1.29 is 19.8 Å². The second-order valence-electron chi connectivity index (χ2n) is 8.56. The highest BCUT2D eigenvalue weighted by Gasteiger charge is 2.35. The molecule has 0 radical (unpaired) electrons. The van der Waals surface area contributed by atoms with Gasteiger partial charge in [0.15, 0.2) is 0 Å². The first-order valence-corrected chi connectivity index (χ1v) is 10.7. The molecule has 2 amide bonds. The fraction of sp³-hybridized carbons (Fsp3) is 0.200. The Labute approximate surface area is 189 Å². The van der Waals surface area contributed by atoms with Gasteiger partial charge in [-0.05, 0) is 63.5 Å². The number of aromatic amines is 1. The number of phenolic OH excluding ortho intramolecular Hbond substituents is 2. The van der Waals surface area contributed by atoms with Crippen LogP contribution in [0.15, 0.2) is 48.8 Å². The highest BCUT2D eigenvalue weighted by molar-refractivity contribution is 6.50. The Bertz CT molecular complexity index is 1460. The van der Waals surface area contributed by atoms with Crippen molar-refractivity contribution in [2.24, 2.45) is 0 Å². The quantitative estimate of drug-likeness (QED) is 0.342. The zero-order chi connectivity index (χ0) is 23.3. The van der Waals surface area contributed by atoms with Gasteiger partial charge in [0.2, 0.25) is 0 Å². The Hall–Kier alpha value is -4.04. The van der Waals surface area contributed by atoms with Crippen LogP contribution in [0.4, 0.5) is 0 Å². The maximum absolute atomic E-state index is 13.0. The van der Waals surface area contributed by atoms with Gasteiger partial charge in [0.1, 0.15) is 11.5 Å². The molecule has 0 unspecified atom stereocenters. The summed E-state index contributed by atoms with van der Waals surface area (Å²) in [5.41, 5.74) is 3.23. The number of aromatic hydroxyl groups is 2. The van der Waals surface area contributed by atoms with Crippen molar-refractivity contribution in [2.45, 2.75) is 13.0 Å². The standard InChI is InChI=1S/C25H24N4O4/c1-28(2)8-3-9-29-13-19(17-11-15(31)5-7-21(17)29)23-22(24(32)27-25(23)33)18-12-26-20-6-4-14(30)10-16(18)20/h4-7,10-13,26,30-31H,3,8-9H2,1-2H3,(H,27,32,33). The van der Waals surface area contributed by atoms with E-state index in [0.717, 1.165) is 30.5 Å². The van der Waals surface area contributed by atoms with Crippen molar-refractivity contribution in [3.63, 3.8) is 0 Å². The number of hydrogen-bond acceptors (Lipinski definition) is 5. The molecule has 8 nitrogen and oxygen atoms in total. The van der Waals surface area contributed by atoms with Crippen molar-refractivity contribution in [3.05, 3.63) is 59.9 Å². The topological polar surface area (TPSA) is 111 Å². The molecule has 2 aromatic heterocycles. The summed E-state index contributed by atoms with van der Waals surface area (Å²) in [5.74, 6) is -0.829. The zero-order valence-electron chi connectivity index (χ0n) is 18.3. The molecule has 8 heteroatoms. The van der Waals surface area contributed by atoms with Gasteiger partial charge in [-0.1, -0.05) is 0 Å². The van der Waals surface area contributed by atoms with Crippen molar-refractivity contribution >= 4 is 44.8 Å². The van der Waals surface area contributed by atoms with Gasteiger partial charge in [-0.3, -0.25) is 14.9 Å². The molecule has 0 saturated heterocycles. The summed E-state index contributed by atoms with van der Waals surface area (Å²) in [5, 5.41) is 23.9. The number of aryl methyl sites for hydroxylation is 1. The number of amides is 2. The van der Waals surface area contributed by atoms with Gasteiger partial charge in [-0.15, -0.1) is 0 Å². The molecule has 168 valence electrons. The molecule has 0 saturated carbocycles. The number of phenols is 2. The van der Waals surface area contributed by atoms with Crippen LogP contribution in [0.5, 0.6) is 11.5 Å². The van der Waals surface area contributed by atoms with Gasteiger partial charge in [-0.25, -0.2) is 0 Å². The number of imide groups is 1. The Morgan fingerprint density at radius 3 is 2.30 bits per heavy atom. The fourth-order valence-electron chi connectivity index (χ4n) is 4.51. The normalized spacial score (nSPS) is 14.3. The number of carbonyl (C=O) groups excluding carboxylic acids is 2. The van der Waals surface area contributed by atoms with Crippen LogP contribution in [0.1, 0.15) is 17.5 Å². The summed E-state index contributed by atoms with van der Waals surface area (Å²) in [4.78, 5) is 31.1. The number of nitrogens with one attached hydrogen (secondary N) is 2. The van der Waals surface area contributed by atoms with Gasteiger partial charge in [0.25, 0.3) is 11.8 Å². The molecular weight excluding hydrogens is 420 g/mol. The van der Waals surface area contributed by atoms with Gasteiger partial charge in [0.05, 0.1) is 11.1 Å². The Morgan fingerprint density at radius 2 is 1.58 bits per heavy atom. The van der Waals surface area contributed by atoms with Crippen LogP contribution in [0.25, 0.3) is 33.0 Å². The molecule has 1 aliphatic rings. The van der Waals surface area contributed by atoms with Crippen molar-refractivity contribution in [3.8, 4) is 11.5 Å². The average molecular weight is 444 g/mol. The number of rotatable bonds is 6. The van der Waals surface area contributed by atoms with E-state index in [-0.39, 0.29) is 22.6 Å². The number of aromatic nitrogens is 2. The predicted octanol–water partition coefficient (Wildman–Crippen LogP) is 3.05. The van der Waals surface area contributed by atoms with Crippen LogP contribution >= 0.6 is 0 Å². The van der Waals surface area contributed by atoms with Crippen LogP contribution in [0, 0.1) is 0 Å². The Morgan fingerprint density at radius 1 is 0.909 bits per heavy atom. The summed E-state index contributed by atoms with van der Waals surface area (Å²) in [6.07, 6.45) is 4.45. The van der Waals surface area contributed by atoms with Crippen LogP contribution in [0.3, 0.4) is 0 Å². The lowest BCUT2D eigenvalue weighted by molar-refractivity contribution is -0.122. The minimum atomic E-state index is -0.493. The maximum atomic E-state index is 13.0. The Balaban J connectivity index is 1.73. The monoisotopic (exact) mass is 444 g/mol. The number of benzene rings is 2. The fourth-order valence-corrected chi connectivity index (χ4v) is 4.51. The van der Waals surface area contributed by atoms with E-state index in [4.69, 9.17) is 0 Å². The SMILES string of the molecule is CN(C)CCCn1cc(C2=C(c3c[nH]c4ccc(O)cc34)C(=O)NC2=O)c2cc(O)ccc21. The molecule has 2 aromatic carbocycles. The first kappa shape index (κ1) is 20.8. The molecule has 0 atom stereocenters. The number of fused-ring (bicyclic) bond motifs is 2. The third-order valence-electron chi connectivity index (χ3n) is 6.00. The second-order valence-corrected chi connectivity index (χ2v) is 8.56. The molecule has 4 N–H and O–H groups in total. The number of nitrogens with zero attached hydrogens (tertiary/aromatic N) is 2. The van der Waals surface area contributed by atoms with Crippen molar-refractivity contribution in [1.82, 2.24) is 19.8 Å². The predicted molar refractivity (Wildman–Crippen MR) is 127 cm³/mol. The lowest BCUT2D eigenvalue weighted by Gasteiger charge is -2.10. The largest absolute Gasteiger partial charge is 0.508 e. The molecule has 0 fully saturated rings. The minimum Gasteiger partial charge on any atom is -0.508 e. The number of H-pyrrole nitrogens is 1. The highest BCUT2D eigenvalue weighted by Crippen LogP contribution is 2.39. The molecule has 0 spiro atoms. The van der Waals surface area contributed by atoms with Crippen molar-refractivity contribution in [2.75, 3.05) is 20.6 Å². The molecule has 4 aromatic rings. The van der Waals surface area contributed by atoms with E-state index >= 15 is 0 Å². The third kappa shape index (κ3) is 3.54. The maximum Gasteiger partial charge on any atom is 0.259 e. The van der Waals surface area contributed by atoms with Gasteiger partial charge in [-0.2, -0.15) is 0 Å². The third-order valence-corrected chi connectivity index (χ3v) is 6.00. The lowest BCUT2D eigenvalue weighted by Crippen LogP contribution is -2.22.